The van der Waals surface area contributed by atoms with E-state index < -0.39 is 23.2 Å². The van der Waals surface area contributed by atoms with E-state index in [0.717, 1.165) is 12.3 Å². The van der Waals surface area contributed by atoms with E-state index in [1.807, 2.05) is 0 Å². The van der Waals surface area contributed by atoms with E-state index in [1.165, 1.54) is 17.1 Å². The van der Waals surface area contributed by atoms with Crippen LogP contribution >= 0.6 is 0 Å². The fraction of sp³-hybridized carbons (Fsp3) is 0.100. The molecule has 0 unspecified atom stereocenters. The lowest BCUT2D eigenvalue weighted by Crippen LogP contribution is -2.14. The van der Waals surface area contributed by atoms with Gasteiger partial charge in [0.1, 0.15) is 0 Å². The molecular weight excluding hydrogens is 230 g/mol. The first-order chi connectivity index (χ1) is 8.08. The third kappa shape index (κ3) is 2.27. The highest BCUT2D eigenvalue weighted by atomic mass is 19.2. The molecule has 0 aliphatic carbocycles. The van der Waals surface area contributed by atoms with Crippen LogP contribution in [-0.2, 0) is 7.05 Å². The molecule has 17 heavy (non-hydrogen) atoms. The molecule has 0 spiro atoms. The number of halogens is 2. The molecule has 0 saturated heterocycles. The number of nitrogens with one attached hydrogen (secondary N) is 1. The fourth-order valence-electron chi connectivity index (χ4n) is 1.28. The van der Waals surface area contributed by atoms with Crippen molar-refractivity contribution in [1.29, 1.82) is 0 Å². The van der Waals surface area contributed by atoms with Crippen LogP contribution in [0.15, 0.2) is 24.7 Å². The molecule has 2 heterocycles. The van der Waals surface area contributed by atoms with E-state index in [4.69, 9.17) is 0 Å². The summed E-state index contributed by atoms with van der Waals surface area (Å²) in [4.78, 5) is 14.7. The smallest absolute Gasteiger partial charge is 0.258 e. The highest BCUT2D eigenvalue weighted by molar-refractivity contribution is 6.04. The van der Waals surface area contributed by atoms with E-state index in [9.17, 15) is 13.6 Å². The molecule has 2 aromatic rings. The number of amides is 1. The molecule has 0 saturated carbocycles. The van der Waals surface area contributed by atoms with Gasteiger partial charge in [0.05, 0.1) is 17.4 Å². The molecule has 88 valence electrons. The summed E-state index contributed by atoms with van der Waals surface area (Å²) in [5, 5.41) is 6.22. The third-order valence-corrected chi connectivity index (χ3v) is 2.05. The fourth-order valence-corrected chi connectivity index (χ4v) is 1.28. The van der Waals surface area contributed by atoms with Gasteiger partial charge in [-0.2, -0.15) is 9.49 Å². The van der Waals surface area contributed by atoms with Gasteiger partial charge in [-0.1, -0.05) is 0 Å². The Kier molecular flexibility index (Phi) is 2.82. The van der Waals surface area contributed by atoms with Crippen molar-refractivity contribution in [3.63, 3.8) is 0 Å². The summed E-state index contributed by atoms with van der Waals surface area (Å²) in [6.07, 6.45) is 3.96. The molecule has 0 fully saturated rings. The quantitative estimate of drug-likeness (QED) is 0.803. The topological polar surface area (TPSA) is 59.8 Å². The normalized spacial score (nSPS) is 10.3. The Balaban J connectivity index is 2.23. The molecule has 1 N–H and O–H groups in total. The molecule has 1 amide bonds. The number of carbonyl (C=O) groups is 1. The molecule has 2 rings (SSSR count). The maximum atomic E-state index is 13.2. The summed E-state index contributed by atoms with van der Waals surface area (Å²) in [6.45, 7) is 0. The van der Waals surface area contributed by atoms with E-state index >= 15 is 0 Å². The summed E-state index contributed by atoms with van der Waals surface area (Å²) >= 11 is 0. The molecule has 0 aliphatic heterocycles. The molecule has 0 radical (unpaired) electrons. The number of hydrogen-bond donors (Lipinski definition) is 1. The summed E-state index contributed by atoms with van der Waals surface area (Å²) < 4.78 is 27.5. The van der Waals surface area contributed by atoms with Crippen LogP contribution in [0, 0.1) is 11.8 Å². The van der Waals surface area contributed by atoms with Crippen LogP contribution in [0.25, 0.3) is 0 Å². The zero-order valence-corrected chi connectivity index (χ0v) is 8.82. The second kappa shape index (κ2) is 4.28. The Hall–Kier alpha value is -2.31. The lowest BCUT2D eigenvalue weighted by molar-refractivity contribution is 0.102. The van der Waals surface area contributed by atoms with Crippen LogP contribution in [0.1, 0.15) is 10.4 Å². The Labute approximate surface area is 95.1 Å². The number of pyridine rings is 1. The van der Waals surface area contributed by atoms with Crippen LogP contribution in [0.3, 0.4) is 0 Å². The second-order valence-electron chi connectivity index (χ2n) is 3.32. The van der Waals surface area contributed by atoms with Crippen molar-refractivity contribution in [2.24, 2.45) is 7.05 Å². The van der Waals surface area contributed by atoms with Crippen molar-refractivity contribution >= 4 is 11.6 Å². The largest absolute Gasteiger partial charge is 0.319 e. The first-order valence-electron chi connectivity index (χ1n) is 4.68. The minimum atomic E-state index is -1.30. The van der Waals surface area contributed by atoms with Gasteiger partial charge >= 0.3 is 0 Å². The van der Waals surface area contributed by atoms with Crippen LogP contribution in [0.2, 0.25) is 0 Å². The average molecular weight is 238 g/mol. The number of anilines is 1. The predicted octanol–water partition coefficient (Wildman–Crippen LogP) is 1.35. The Bertz CT molecular complexity index is 567. The van der Waals surface area contributed by atoms with Gasteiger partial charge in [0.15, 0.2) is 5.82 Å². The summed E-state index contributed by atoms with van der Waals surface area (Å²) in [6, 6.07) is 1.10. The number of rotatable bonds is 2. The SMILES string of the molecule is Cn1cc(NC(=O)c2ccnc(F)c2F)cn1. The molecule has 0 aliphatic rings. The highest BCUT2D eigenvalue weighted by Gasteiger charge is 2.16. The Morgan fingerprint density at radius 3 is 2.88 bits per heavy atom. The molecule has 5 nitrogen and oxygen atoms in total. The molecule has 7 heteroatoms. The van der Waals surface area contributed by atoms with Gasteiger partial charge in [-0.05, 0) is 6.07 Å². The monoisotopic (exact) mass is 238 g/mol. The van der Waals surface area contributed by atoms with Crippen molar-refractivity contribution in [1.82, 2.24) is 14.8 Å². The first-order valence-corrected chi connectivity index (χ1v) is 4.68. The van der Waals surface area contributed by atoms with E-state index in [1.54, 1.807) is 7.05 Å². The van der Waals surface area contributed by atoms with Gasteiger partial charge in [0, 0.05) is 19.4 Å². The van der Waals surface area contributed by atoms with Gasteiger partial charge in [0.2, 0.25) is 5.95 Å². The van der Waals surface area contributed by atoms with Crippen LogP contribution in [-0.4, -0.2) is 20.7 Å². The van der Waals surface area contributed by atoms with Crippen LogP contribution < -0.4 is 5.32 Å². The van der Waals surface area contributed by atoms with Crippen LogP contribution in [0.5, 0.6) is 0 Å². The number of aromatic nitrogens is 3. The third-order valence-electron chi connectivity index (χ3n) is 2.05. The van der Waals surface area contributed by atoms with Gasteiger partial charge in [0.25, 0.3) is 5.91 Å². The number of hydrogen-bond acceptors (Lipinski definition) is 3. The summed E-state index contributed by atoms with van der Waals surface area (Å²) in [7, 11) is 1.67. The van der Waals surface area contributed by atoms with Crippen molar-refractivity contribution in [3.05, 3.63) is 42.0 Å². The lowest BCUT2D eigenvalue weighted by atomic mass is 10.2. The second-order valence-corrected chi connectivity index (χ2v) is 3.32. The predicted molar refractivity (Wildman–Crippen MR) is 55.3 cm³/mol. The zero-order chi connectivity index (χ0) is 12.4. The summed E-state index contributed by atoms with van der Waals surface area (Å²) in [5.41, 5.74) is -0.00419. The lowest BCUT2D eigenvalue weighted by Gasteiger charge is -2.03. The maximum Gasteiger partial charge on any atom is 0.258 e. The number of aryl methyl sites for hydroxylation is 1. The van der Waals surface area contributed by atoms with E-state index in [0.29, 0.717) is 5.69 Å². The molecular formula is C10H8F2N4O. The number of nitrogens with zero attached hydrogens (tertiary/aromatic N) is 3. The molecule has 0 atom stereocenters. The molecule has 0 bridgehead atoms. The van der Waals surface area contributed by atoms with Crippen LogP contribution in [0.4, 0.5) is 14.5 Å². The minimum Gasteiger partial charge on any atom is -0.319 e. The Morgan fingerprint density at radius 2 is 2.24 bits per heavy atom. The average Bonchev–Trinajstić information content (AvgIpc) is 2.68. The molecule has 2 aromatic heterocycles. The van der Waals surface area contributed by atoms with E-state index in [2.05, 4.69) is 15.4 Å². The van der Waals surface area contributed by atoms with Crippen molar-refractivity contribution < 1.29 is 13.6 Å². The minimum absolute atomic E-state index is 0.397. The maximum absolute atomic E-state index is 13.2. The Morgan fingerprint density at radius 1 is 1.47 bits per heavy atom. The van der Waals surface area contributed by atoms with Gasteiger partial charge in [-0.25, -0.2) is 9.37 Å². The van der Waals surface area contributed by atoms with Crippen molar-refractivity contribution in [2.75, 3.05) is 5.32 Å². The van der Waals surface area contributed by atoms with Gasteiger partial charge in [-0.3, -0.25) is 9.48 Å². The van der Waals surface area contributed by atoms with Crippen molar-refractivity contribution in [2.45, 2.75) is 0 Å². The van der Waals surface area contributed by atoms with Crippen molar-refractivity contribution in [3.8, 4) is 0 Å². The standard InChI is InChI=1S/C10H8F2N4O/c1-16-5-6(4-14-16)15-10(17)7-2-3-13-9(12)8(7)11/h2-5H,1H3,(H,15,17). The molecule has 0 aromatic carbocycles. The summed E-state index contributed by atoms with van der Waals surface area (Å²) in [5.74, 6) is -3.32. The highest BCUT2D eigenvalue weighted by Crippen LogP contribution is 2.12. The zero-order valence-electron chi connectivity index (χ0n) is 8.82. The number of carbonyl (C=O) groups excluding carboxylic acids is 1. The van der Waals surface area contributed by atoms with Gasteiger partial charge in [-0.15, -0.1) is 0 Å². The first kappa shape index (κ1) is 11.2. The van der Waals surface area contributed by atoms with E-state index in [-0.39, 0.29) is 0 Å². The van der Waals surface area contributed by atoms with Gasteiger partial charge < -0.3 is 5.32 Å².